The second kappa shape index (κ2) is 6.68. The largest absolute Gasteiger partial charge is 0.479 e. The van der Waals surface area contributed by atoms with Crippen molar-refractivity contribution in [3.05, 3.63) is 11.1 Å². The van der Waals surface area contributed by atoms with Gasteiger partial charge in [0.05, 0.1) is 6.10 Å². The Morgan fingerprint density at radius 1 is 1.21 bits per heavy atom. The maximum absolute atomic E-state index is 12.7. The van der Waals surface area contributed by atoms with Crippen LogP contribution in [-0.2, 0) is 23.9 Å². The molecule has 1 saturated heterocycles. The van der Waals surface area contributed by atoms with Crippen molar-refractivity contribution >= 4 is 17.7 Å². The van der Waals surface area contributed by atoms with Crippen LogP contribution in [0.5, 0.6) is 0 Å². The van der Waals surface area contributed by atoms with Gasteiger partial charge in [0.1, 0.15) is 5.60 Å². The van der Waals surface area contributed by atoms with Crippen molar-refractivity contribution in [2.75, 3.05) is 0 Å². The summed E-state index contributed by atoms with van der Waals surface area (Å²) in [7, 11) is 0. The summed E-state index contributed by atoms with van der Waals surface area (Å²) in [6.07, 6.45) is 2.87. The minimum Gasteiger partial charge on any atom is -0.479 e. The number of carboxylic acid groups (broad SMARTS) is 1. The third kappa shape index (κ3) is 3.30. The normalized spacial score (nSPS) is 42.6. The molecule has 6 nitrogen and oxygen atoms in total. The third-order valence-corrected chi connectivity index (χ3v) is 7.55. The first-order valence-corrected chi connectivity index (χ1v) is 10.1. The van der Waals surface area contributed by atoms with Gasteiger partial charge in [0.2, 0.25) is 0 Å². The van der Waals surface area contributed by atoms with Crippen molar-refractivity contribution in [2.24, 2.45) is 17.3 Å². The summed E-state index contributed by atoms with van der Waals surface area (Å²) in [5, 5.41) is 9.39. The summed E-state index contributed by atoms with van der Waals surface area (Å²) >= 11 is 0. The summed E-state index contributed by atoms with van der Waals surface area (Å²) in [5.41, 5.74) is -0.267. The monoisotopic (exact) mass is 392 g/mol. The molecule has 3 aliphatic rings. The van der Waals surface area contributed by atoms with E-state index >= 15 is 0 Å². The molecule has 0 bridgehead atoms. The molecule has 0 aromatic carbocycles. The lowest BCUT2D eigenvalue weighted by Gasteiger charge is -2.57. The first-order chi connectivity index (χ1) is 12.8. The number of carboxylic acids is 1. The van der Waals surface area contributed by atoms with Gasteiger partial charge in [-0.25, -0.2) is 4.79 Å². The van der Waals surface area contributed by atoms with Crippen molar-refractivity contribution in [1.29, 1.82) is 0 Å². The predicted octanol–water partition coefficient (Wildman–Crippen LogP) is 3.67. The fourth-order valence-electron chi connectivity index (χ4n) is 5.67. The molecule has 2 aliphatic carbocycles. The van der Waals surface area contributed by atoms with Crippen LogP contribution >= 0.6 is 0 Å². The molecule has 0 aromatic heterocycles. The Labute approximate surface area is 166 Å². The molecule has 156 valence electrons. The van der Waals surface area contributed by atoms with Crippen LogP contribution in [0.1, 0.15) is 73.6 Å². The molecular weight excluding hydrogens is 360 g/mol. The number of aliphatic carboxylic acids is 1. The lowest BCUT2D eigenvalue weighted by atomic mass is 9.50. The Balaban J connectivity index is 1.94. The molecule has 0 aromatic rings. The van der Waals surface area contributed by atoms with Gasteiger partial charge in [-0.2, -0.15) is 0 Å². The fraction of sp³-hybridized carbons (Fsp3) is 0.773. The zero-order valence-electron chi connectivity index (χ0n) is 17.8. The number of hydrogen-bond donors (Lipinski definition) is 1. The van der Waals surface area contributed by atoms with Crippen LogP contribution in [0.2, 0.25) is 0 Å². The number of hydrogen-bond acceptors (Lipinski definition) is 5. The minimum atomic E-state index is -1.15. The number of esters is 1. The lowest BCUT2D eigenvalue weighted by molar-refractivity contribution is -0.194. The number of carbonyl (C=O) groups is 3. The summed E-state index contributed by atoms with van der Waals surface area (Å²) < 4.78 is 11.5. The van der Waals surface area contributed by atoms with Crippen LogP contribution in [0, 0.1) is 17.3 Å². The number of ketones is 1. The summed E-state index contributed by atoms with van der Waals surface area (Å²) in [4.78, 5) is 36.2. The smallest absolute Gasteiger partial charge is 0.338 e. The molecular formula is C22H32O6. The lowest BCUT2D eigenvalue weighted by Crippen LogP contribution is -2.58. The van der Waals surface area contributed by atoms with Crippen molar-refractivity contribution in [1.82, 2.24) is 0 Å². The van der Waals surface area contributed by atoms with E-state index in [0.29, 0.717) is 19.3 Å². The second-order valence-corrected chi connectivity index (χ2v) is 9.76. The van der Waals surface area contributed by atoms with E-state index in [9.17, 15) is 19.5 Å². The number of Topliss-reactive ketones (excluding diaryl/α,β-unsaturated/α-hetero) is 1. The van der Waals surface area contributed by atoms with Gasteiger partial charge in [0.25, 0.3) is 0 Å². The van der Waals surface area contributed by atoms with Gasteiger partial charge in [-0.3, -0.25) is 9.59 Å². The van der Waals surface area contributed by atoms with Crippen molar-refractivity contribution in [2.45, 2.75) is 91.0 Å². The molecule has 3 rings (SSSR count). The maximum Gasteiger partial charge on any atom is 0.338 e. The summed E-state index contributed by atoms with van der Waals surface area (Å²) in [5.74, 6) is -1.09. The Bertz CT molecular complexity index is 750. The van der Waals surface area contributed by atoms with Gasteiger partial charge in [0, 0.05) is 25.2 Å². The highest BCUT2D eigenvalue weighted by molar-refractivity contribution is 5.97. The van der Waals surface area contributed by atoms with E-state index in [1.165, 1.54) is 6.92 Å². The zero-order valence-corrected chi connectivity index (χ0v) is 17.8. The van der Waals surface area contributed by atoms with Crippen LogP contribution in [0.3, 0.4) is 0 Å². The molecule has 1 aliphatic heterocycles. The van der Waals surface area contributed by atoms with Crippen molar-refractivity contribution in [3.8, 4) is 0 Å². The fourth-order valence-corrected chi connectivity index (χ4v) is 5.67. The summed E-state index contributed by atoms with van der Waals surface area (Å²) in [6, 6.07) is 0. The molecule has 6 unspecified atom stereocenters. The number of ether oxygens (including phenoxy) is 2. The third-order valence-electron chi connectivity index (χ3n) is 7.55. The highest BCUT2D eigenvalue weighted by Crippen LogP contribution is 2.59. The van der Waals surface area contributed by atoms with Crippen LogP contribution in [0.15, 0.2) is 11.1 Å². The highest BCUT2D eigenvalue weighted by atomic mass is 16.6. The van der Waals surface area contributed by atoms with E-state index in [1.54, 1.807) is 6.92 Å². The molecule has 2 saturated carbocycles. The van der Waals surface area contributed by atoms with Crippen LogP contribution in [0.25, 0.3) is 0 Å². The van der Waals surface area contributed by atoms with Gasteiger partial charge in [-0.05, 0) is 64.4 Å². The molecule has 0 radical (unpaired) electrons. The summed E-state index contributed by atoms with van der Waals surface area (Å²) in [6.45, 7) is 11.0. The van der Waals surface area contributed by atoms with Crippen LogP contribution in [-0.4, -0.2) is 40.1 Å². The highest BCUT2D eigenvalue weighted by Gasteiger charge is 2.64. The van der Waals surface area contributed by atoms with E-state index in [-0.39, 0.29) is 35.1 Å². The Kier molecular flexibility index (Phi) is 5.02. The van der Waals surface area contributed by atoms with Gasteiger partial charge < -0.3 is 14.6 Å². The second-order valence-electron chi connectivity index (χ2n) is 9.76. The van der Waals surface area contributed by atoms with E-state index < -0.39 is 17.2 Å². The molecule has 3 fully saturated rings. The number of epoxide rings is 1. The number of rotatable bonds is 4. The predicted molar refractivity (Wildman–Crippen MR) is 103 cm³/mol. The number of allylic oxidation sites excluding steroid dienone is 2. The van der Waals surface area contributed by atoms with Gasteiger partial charge in [-0.15, -0.1) is 0 Å². The van der Waals surface area contributed by atoms with Crippen molar-refractivity contribution < 1.29 is 29.0 Å². The van der Waals surface area contributed by atoms with E-state index in [1.807, 2.05) is 20.8 Å². The standard InChI is InChI=1S/C22H32O6/c1-12(2)15-10-17-20(4,11-16(15)24)8-7-14(21(17,5)27-13(3)23)9-18-22(6,28-18)19(25)26/h14,17-18H,7-11H2,1-6H3,(H,25,26). The maximum atomic E-state index is 12.7. The first-order valence-electron chi connectivity index (χ1n) is 10.1. The quantitative estimate of drug-likeness (QED) is 0.446. The van der Waals surface area contributed by atoms with Gasteiger partial charge in [0.15, 0.2) is 11.4 Å². The minimum absolute atomic E-state index is 0.00716. The average Bonchev–Trinajstić information content (AvgIpc) is 3.20. The SMILES string of the molecule is CC(=O)OC1(C)C(CC2OC2(C)C(=O)O)CCC2(C)CC(=O)C(=C(C)C)CC21. The Morgan fingerprint density at radius 3 is 2.36 bits per heavy atom. The molecule has 6 heteroatoms. The Hall–Kier alpha value is -1.69. The van der Waals surface area contributed by atoms with Gasteiger partial charge >= 0.3 is 11.9 Å². The van der Waals surface area contributed by atoms with E-state index in [4.69, 9.17) is 9.47 Å². The molecule has 0 spiro atoms. The van der Waals surface area contributed by atoms with Crippen LogP contribution in [0.4, 0.5) is 0 Å². The average molecular weight is 392 g/mol. The Morgan fingerprint density at radius 2 is 1.86 bits per heavy atom. The molecule has 6 atom stereocenters. The van der Waals surface area contributed by atoms with Crippen LogP contribution < -0.4 is 0 Å². The molecule has 1 heterocycles. The molecule has 0 amide bonds. The van der Waals surface area contributed by atoms with Gasteiger partial charge in [-0.1, -0.05) is 12.5 Å². The van der Waals surface area contributed by atoms with Crippen molar-refractivity contribution in [3.63, 3.8) is 0 Å². The molecule has 1 N–H and O–H groups in total. The zero-order chi connectivity index (χ0) is 21.1. The van der Waals surface area contributed by atoms with E-state index in [2.05, 4.69) is 6.92 Å². The first kappa shape index (κ1) is 21.0. The number of carbonyl (C=O) groups excluding carboxylic acids is 2. The van der Waals surface area contributed by atoms with E-state index in [0.717, 1.165) is 24.0 Å². The topological polar surface area (TPSA) is 93.2 Å². The molecule has 28 heavy (non-hydrogen) atoms. The number of fused-ring (bicyclic) bond motifs is 1.